The number of pyridine rings is 1. The zero-order valence-corrected chi connectivity index (χ0v) is 27.0. The molecule has 5 heterocycles. The summed E-state index contributed by atoms with van der Waals surface area (Å²) in [5.74, 6) is -2.02. The van der Waals surface area contributed by atoms with Gasteiger partial charge >= 0.3 is 12.0 Å². The number of fused-ring (bicyclic) bond motifs is 3. The highest BCUT2D eigenvalue weighted by Gasteiger charge is 2.49. The molecule has 3 fully saturated rings. The molecule has 0 saturated carbocycles. The fraction of sp³-hybridized carbons (Fsp3) is 0.486. The van der Waals surface area contributed by atoms with Crippen LogP contribution in [-0.2, 0) is 16.0 Å². The third-order valence-electron chi connectivity index (χ3n) is 10.0. The minimum Gasteiger partial charge on any atom is -0.481 e. The van der Waals surface area contributed by atoms with Crippen LogP contribution in [0.2, 0.25) is 0 Å². The molecule has 10 nitrogen and oxygen atoms in total. The second-order valence-electron chi connectivity index (χ2n) is 13.0. The monoisotopic (exact) mass is 665 g/mol. The van der Waals surface area contributed by atoms with Gasteiger partial charge < -0.3 is 24.2 Å². The molecule has 0 amide bonds. The average molecular weight is 666 g/mol. The lowest BCUT2D eigenvalue weighted by Crippen LogP contribution is -2.43. The van der Waals surface area contributed by atoms with Gasteiger partial charge in [0, 0.05) is 44.9 Å². The minimum atomic E-state index is -0.953. The van der Waals surface area contributed by atoms with Crippen molar-refractivity contribution in [3.05, 3.63) is 47.7 Å². The quantitative estimate of drug-likeness (QED) is 0.205. The van der Waals surface area contributed by atoms with Gasteiger partial charge in [-0.25, -0.2) is 13.2 Å². The first-order chi connectivity index (χ1) is 23.2. The molecule has 3 saturated heterocycles. The number of aromatic nitrogens is 3. The number of anilines is 1. The van der Waals surface area contributed by atoms with Gasteiger partial charge in [0.05, 0.1) is 16.8 Å². The van der Waals surface area contributed by atoms with E-state index in [0.717, 1.165) is 19.4 Å². The smallest absolute Gasteiger partial charge is 0.319 e. The summed E-state index contributed by atoms with van der Waals surface area (Å²) in [6, 6.07) is 6.26. The van der Waals surface area contributed by atoms with Crippen LogP contribution in [0, 0.1) is 17.6 Å². The molecule has 7 rings (SSSR count). The summed E-state index contributed by atoms with van der Waals surface area (Å²) in [7, 11) is 1.49. The predicted octanol–water partition coefficient (Wildman–Crippen LogP) is 5.92. The third-order valence-corrected chi connectivity index (χ3v) is 10.0. The van der Waals surface area contributed by atoms with Crippen molar-refractivity contribution < 1.29 is 37.3 Å². The minimum absolute atomic E-state index is 0.0487. The Kier molecular flexibility index (Phi) is 8.75. The van der Waals surface area contributed by atoms with Crippen molar-refractivity contribution in [1.29, 1.82) is 0 Å². The van der Waals surface area contributed by atoms with E-state index in [2.05, 4.69) is 19.9 Å². The van der Waals surface area contributed by atoms with Crippen molar-refractivity contribution in [2.75, 3.05) is 51.6 Å². The first kappa shape index (κ1) is 32.3. The first-order valence-corrected chi connectivity index (χ1v) is 16.4. The van der Waals surface area contributed by atoms with E-state index in [1.807, 2.05) is 11.8 Å². The molecule has 0 radical (unpaired) electrons. The second-order valence-corrected chi connectivity index (χ2v) is 13.0. The lowest BCUT2D eigenvalue weighted by molar-refractivity contribution is -0.141. The standard InChI is InChI=1S/C35H38F3N5O5/c1-3-24-27(37)8-7-20-12-23(48-19-46-2)13-25(28(20)24)30-29(38)31-26(15-39-30)32(42-10-4-6-21(16-42)33(44)45)41-34(40-31)47-18-35-9-5-11-43(35)17-22(36)14-35/h7-8,12-13,15,21-22H,3-6,9-11,14,16-19H2,1-2H3,(H,44,45)/t21-,22-,35+/m1/s1. The predicted molar refractivity (Wildman–Crippen MR) is 173 cm³/mol. The molecular weight excluding hydrogens is 627 g/mol. The Morgan fingerprint density at radius 2 is 1.98 bits per heavy atom. The summed E-state index contributed by atoms with van der Waals surface area (Å²) in [5.41, 5.74) is 0.109. The van der Waals surface area contributed by atoms with Gasteiger partial charge in [0.15, 0.2) is 12.6 Å². The molecule has 2 aromatic heterocycles. The van der Waals surface area contributed by atoms with Crippen molar-refractivity contribution in [2.24, 2.45) is 5.92 Å². The number of carbonyl (C=O) groups is 1. The van der Waals surface area contributed by atoms with Gasteiger partial charge in [-0.2, -0.15) is 9.97 Å². The molecule has 3 aliphatic rings. The number of alkyl halides is 1. The Bertz CT molecular complexity index is 1880. The number of halogens is 3. The number of nitrogens with zero attached hydrogens (tertiary/aromatic N) is 5. The van der Waals surface area contributed by atoms with Crippen LogP contribution in [0.25, 0.3) is 32.9 Å². The van der Waals surface area contributed by atoms with E-state index in [4.69, 9.17) is 14.2 Å². The average Bonchev–Trinajstić information content (AvgIpc) is 3.62. The zero-order chi connectivity index (χ0) is 33.6. The van der Waals surface area contributed by atoms with Crippen LogP contribution in [0.4, 0.5) is 19.0 Å². The van der Waals surface area contributed by atoms with Gasteiger partial charge in [-0.1, -0.05) is 13.0 Å². The maximum atomic E-state index is 17.0. The van der Waals surface area contributed by atoms with Crippen molar-refractivity contribution >= 4 is 33.5 Å². The van der Waals surface area contributed by atoms with E-state index in [0.29, 0.717) is 72.2 Å². The van der Waals surface area contributed by atoms with Crippen LogP contribution in [0.3, 0.4) is 0 Å². The largest absolute Gasteiger partial charge is 0.481 e. The fourth-order valence-electron chi connectivity index (χ4n) is 7.76. The summed E-state index contributed by atoms with van der Waals surface area (Å²) >= 11 is 0. The number of hydrogen-bond acceptors (Lipinski definition) is 9. The Morgan fingerprint density at radius 1 is 1.12 bits per heavy atom. The van der Waals surface area contributed by atoms with Crippen LogP contribution in [0.15, 0.2) is 30.5 Å². The molecule has 0 unspecified atom stereocenters. The SMILES string of the molecule is CCc1c(F)ccc2cc(OCOC)cc(-c3ncc4c(N5CCC[C@@H](C(=O)O)C5)nc(OC[C@@]56CCCN5C[C@H](F)C6)nc4c3F)c12. The van der Waals surface area contributed by atoms with Crippen LogP contribution in [0.5, 0.6) is 11.8 Å². The number of hydrogen-bond donors (Lipinski definition) is 1. The molecule has 1 N–H and O–H groups in total. The fourth-order valence-corrected chi connectivity index (χ4v) is 7.76. The molecule has 0 bridgehead atoms. The number of aryl methyl sites for hydroxylation is 1. The van der Waals surface area contributed by atoms with Crippen molar-refractivity contribution in [1.82, 2.24) is 19.9 Å². The maximum Gasteiger partial charge on any atom is 0.319 e. The highest BCUT2D eigenvalue weighted by Crippen LogP contribution is 2.42. The van der Waals surface area contributed by atoms with Gasteiger partial charge in [-0.3, -0.25) is 14.7 Å². The lowest BCUT2D eigenvalue weighted by Gasteiger charge is -2.33. The third kappa shape index (κ3) is 5.76. The number of carboxylic acids is 1. The molecule has 2 aromatic carbocycles. The first-order valence-electron chi connectivity index (χ1n) is 16.4. The zero-order valence-electron chi connectivity index (χ0n) is 27.0. The normalized spacial score (nSPS) is 22.8. The van der Waals surface area contributed by atoms with E-state index < -0.39 is 35.2 Å². The molecule has 4 aromatic rings. The summed E-state index contributed by atoms with van der Waals surface area (Å²) in [6.45, 7) is 3.72. The van der Waals surface area contributed by atoms with E-state index >= 15 is 8.78 Å². The molecule has 3 aliphatic heterocycles. The van der Waals surface area contributed by atoms with Crippen LogP contribution in [-0.4, -0.2) is 89.3 Å². The highest BCUT2D eigenvalue weighted by molar-refractivity contribution is 6.02. The Balaban J connectivity index is 1.38. The molecule has 3 atom stereocenters. The summed E-state index contributed by atoms with van der Waals surface area (Å²) in [5, 5.41) is 11.2. The van der Waals surface area contributed by atoms with Crippen LogP contribution >= 0.6 is 0 Å². The highest BCUT2D eigenvalue weighted by atomic mass is 19.1. The molecular formula is C35H38F3N5O5. The number of benzene rings is 2. The van der Waals surface area contributed by atoms with E-state index in [-0.39, 0.29) is 42.6 Å². The number of carboxylic acid groups (broad SMARTS) is 1. The van der Waals surface area contributed by atoms with Crippen LogP contribution in [0.1, 0.15) is 44.6 Å². The van der Waals surface area contributed by atoms with E-state index in [1.165, 1.54) is 19.4 Å². The molecule has 48 heavy (non-hydrogen) atoms. The van der Waals surface area contributed by atoms with Crippen molar-refractivity contribution in [2.45, 2.75) is 57.2 Å². The van der Waals surface area contributed by atoms with Gasteiger partial charge in [0.25, 0.3) is 0 Å². The van der Waals surface area contributed by atoms with Crippen molar-refractivity contribution in [3.8, 4) is 23.0 Å². The Labute approximate surface area is 275 Å². The molecule has 13 heteroatoms. The van der Waals surface area contributed by atoms with Gasteiger partial charge in [-0.15, -0.1) is 0 Å². The number of rotatable bonds is 10. The number of ether oxygens (including phenoxy) is 3. The topological polar surface area (TPSA) is 110 Å². The number of piperidine rings is 1. The summed E-state index contributed by atoms with van der Waals surface area (Å²) < 4.78 is 63.6. The van der Waals surface area contributed by atoms with Crippen LogP contribution < -0.4 is 14.4 Å². The van der Waals surface area contributed by atoms with Crippen molar-refractivity contribution in [3.63, 3.8) is 0 Å². The molecule has 0 spiro atoms. The second kappa shape index (κ2) is 13.0. The van der Waals surface area contributed by atoms with E-state index in [9.17, 15) is 14.3 Å². The van der Waals surface area contributed by atoms with E-state index in [1.54, 1.807) is 18.2 Å². The molecule has 0 aliphatic carbocycles. The summed E-state index contributed by atoms with van der Waals surface area (Å²) in [4.78, 5) is 29.6. The number of methoxy groups -OCH3 is 1. The Hall–Kier alpha value is -4.23. The van der Waals surface area contributed by atoms with Gasteiger partial charge in [-0.05, 0) is 73.2 Å². The van der Waals surface area contributed by atoms with Gasteiger partial charge in [0.1, 0.15) is 41.4 Å². The number of aliphatic carboxylic acids is 1. The van der Waals surface area contributed by atoms with Gasteiger partial charge in [0.2, 0.25) is 0 Å². The summed E-state index contributed by atoms with van der Waals surface area (Å²) in [6.07, 6.45) is 4.03. The lowest BCUT2D eigenvalue weighted by atomic mass is 9.94. The molecule has 254 valence electrons. The maximum absolute atomic E-state index is 17.0. The Morgan fingerprint density at radius 3 is 2.77 bits per heavy atom.